The predicted molar refractivity (Wildman–Crippen MR) is 112 cm³/mol. The van der Waals surface area contributed by atoms with Gasteiger partial charge in [-0.05, 0) is 45.2 Å². The lowest BCUT2D eigenvalue weighted by molar-refractivity contribution is 0.0992. The quantitative estimate of drug-likeness (QED) is 0.461. The van der Waals surface area contributed by atoms with Crippen molar-refractivity contribution >= 4 is 16.6 Å². The lowest BCUT2D eigenvalue weighted by Crippen LogP contribution is -2.05. The van der Waals surface area contributed by atoms with E-state index in [-0.39, 0.29) is 18.2 Å². The van der Waals surface area contributed by atoms with Crippen molar-refractivity contribution in [1.82, 2.24) is 29.3 Å². The normalized spacial score (nSPS) is 11.7. The highest BCUT2D eigenvalue weighted by Crippen LogP contribution is 2.24. The molecule has 7 heteroatoms. The van der Waals surface area contributed by atoms with E-state index < -0.39 is 0 Å². The van der Waals surface area contributed by atoms with Gasteiger partial charge in [0.15, 0.2) is 5.78 Å². The van der Waals surface area contributed by atoms with E-state index in [0.717, 1.165) is 27.9 Å². The number of rotatable bonds is 6. The molecule has 0 spiro atoms. The number of aromatic nitrogens is 6. The van der Waals surface area contributed by atoms with Crippen molar-refractivity contribution in [2.45, 2.75) is 46.2 Å². The number of carbonyl (C=O) groups excluding carboxylic acids is 1. The van der Waals surface area contributed by atoms with E-state index in [4.69, 9.17) is 0 Å². The number of pyridine rings is 2. The Bertz CT molecular complexity index is 1170. The summed E-state index contributed by atoms with van der Waals surface area (Å²) in [6, 6.07) is 4.50. The summed E-state index contributed by atoms with van der Waals surface area (Å²) in [6.45, 7) is 8.29. The fraction of sp³-hybridized carbons (Fsp3) is 0.318. The van der Waals surface area contributed by atoms with Gasteiger partial charge < -0.3 is 4.57 Å². The third kappa shape index (κ3) is 3.81. The monoisotopic (exact) mass is 388 g/mol. The first-order chi connectivity index (χ1) is 13.9. The number of carbonyl (C=O) groups is 1. The van der Waals surface area contributed by atoms with Crippen molar-refractivity contribution in [3.63, 3.8) is 0 Å². The molecule has 0 aliphatic rings. The third-order valence-electron chi connectivity index (χ3n) is 4.94. The fourth-order valence-corrected chi connectivity index (χ4v) is 3.27. The molecule has 148 valence electrons. The van der Waals surface area contributed by atoms with Gasteiger partial charge in [0.25, 0.3) is 0 Å². The maximum absolute atomic E-state index is 12.6. The van der Waals surface area contributed by atoms with Crippen molar-refractivity contribution < 1.29 is 4.79 Å². The summed E-state index contributed by atoms with van der Waals surface area (Å²) < 4.78 is 3.88. The molecule has 0 saturated carbocycles. The largest absolute Gasteiger partial charge is 0.327 e. The Hall–Kier alpha value is -3.35. The van der Waals surface area contributed by atoms with Gasteiger partial charge in [-0.2, -0.15) is 5.10 Å². The summed E-state index contributed by atoms with van der Waals surface area (Å²) in [4.78, 5) is 25.9. The molecule has 0 fully saturated rings. The van der Waals surface area contributed by atoms with Crippen molar-refractivity contribution in [2.75, 3.05) is 0 Å². The first kappa shape index (κ1) is 19.0. The van der Waals surface area contributed by atoms with Crippen LogP contribution in [0.3, 0.4) is 0 Å². The minimum Gasteiger partial charge on any atom is -0.327 e. The number of hydrogen-bond acceptors (Lipinski definition) is 5. The SMILES string of the molecule is CC(C)n1cc(C(=O)Cc2cc3cc(-c4cncn4C(C)C)ncc3cn2)cn1. The first-order valence-electron chi connectivity index (χ1n) is 9.76. The lowest BCUT2D eigenvalue weighted by atomic mass is 10.1. The molecule has 0 bridgehead atoms. The van der Waals surface area contributed by atoms with Crippen LogP contribution < -0.4 is 0 Å². The molecule has 0 aliphatic heterocycles. The Morgan fingerprint density at radius 3 is 2.48 bits per heavy atom. The van der Waals surface area contributed by atoms with Gasteiger partial charge in [-0.15, -0.1) is 0 Å². The van der Waals surface area contributed by atoms with Crippen molar-refractivity contribution in [2.24, 2.45) is 0 Å². The summed E-state index contributed by atoms with van der Waals surface area (Å²) in [5, 5.41) is 6.19. The summed E-state index contributed by atoms with van der Waals surface area (Å²) in [5.74, 6) is 0.0101. The Morgan fingerprint density at radius 2 is 1.76 bits per heavy atom. The standard InChI is InChI=1S/C22H24N6O/c1-14(2)27-13-23-11-21(27)20-6-16-5-19(24-8-17(16)9-25-20)7-22(29)18-10-26-28(12-18)15(3)4/h5-6,8-15H,7H2,1-4H3. The predicted octanol–water partition coefficient (Wildman–Crippen LogP) is 4.28. The number of imidazole rings is 1. The molecule has 4 heterocycles. The van der Waals surface area contributed by atoms with Crippen molar-refractivity contribution in [1.29, 1.82) is 0 Å². The van der Waals surface area contributed by atoms with Gasteiger partial charge in [0.1, 0.15) is 0 Å². The van der Waals surface area contributed by atoms with E-state index in [1.165, 1.54) is 0 Å². The average molecular weight is 388 g/mol. The van der Waals surface area contributed by atoms with E-state index in [1.54, 1.807) is 23.3 Å². The maximum atomic E-state index is 12.6. The molecule has 0 saturated heterocycles. The highest BCUT2D eigenvalue weighted by atomic mass is 16.1. The third-order valence-corrected chi connectivity index (χ3v) is 4.94. The number of Topliss-reactive ketones (excluding diaryl/α,β-unsaturated/α-hetero) is 1. The van der Waals surface area contributed by atoms with E-state index >= 15 is 0 Å². The Morgan fingerprint density at radius 1 is 0.966 bits per heavy atom. The molecule has 4 aromatic rings. The Balaban J connectivity index is 1.62. The second-order valence-corrected chi connectivity index (χ2v) is 7.77. The Kier molecular flexibility index (Phi) is 4.96. The maximum Gasteiger partial charge on any atom is 0.171 e. The van der Waals surface area contributed by atoms with Gasteiger partial charge in [-0.1, -0.05) is 0 Å². The first-order valence-corrected chi connectivity index (χ1v) is 9.76. The second-order valence-electron chi connectivity index (χ2n) is 7.77. The molecule has 0 aliphatic carbocycles. The zero-order valence-electron chi connectivity index (χ0n) is 17.1. The van der Waals surface area contributed by atoms with Crippen LogP contribution in [0, 0.1) is 0 Å². The van der Waals surface area contributed by atoms with Crippen LogP contribution in [0.1, 0.15) is 55.8 Å². The molecule has 0 unspecified atom stereocenters. The van der Waals surface area contributed by atoms with E-state index in [2.05, 4.69) is 38.5 Å². The molecule has 7 nitrogen and oxygen atoms in total. The Labute approximate surface area is 169 Å². The zero-order chi connectivity index (χ0) is 20.5. The molecule has 0 N–H and O–H groups in total. The van der Waals surface area contributed by atoms with Gasteiger partial charge in [0.2, 0.25) is 0 Å². The number of fused-ring (bicyclic) bond motifs is 1. The average Bonchev–Trinajstić information content (AvgIpc) is 3.37. The van der Waals surface area contributed by atoms with E-state index in [1.807, 2.05) is 44.7 Å². The van der Waals surface area contributed by atoms with Crippen LogP contribution in [-0.4, -0.2) is 35.1 Å². The van der Waals surface area contributed by atoms with Crippen LogP contribution >= 0.6 is 0 Å². The van der Waals surface area contributed by atoms with Gasteiger partial charge in [0, 0.05) is 41.8 Å². The van der Waals surface area contributed by atoms with Crippen LogP contribution in [0.15, 0.2) is 49.4 Å². The van der Waals surface area contributed by atoms with E-state index in [9.17, 15) is 4.79 Å². The van der Waals surface area contributed by atoms with Crippen LogP contribution in [0.2, 0.25) is 0 Å². The lowest BCUT2D eigenvalue weighted by Gasteiger charge is -2.11. The molecule has 4 rings (SSSR count). The van der Waals surface area contributed by atoms with Crippen LogP contribution in [0.4, 0.5) is 0 Å². The number of nitrogens with zero attached hydrogens (tertiary/aromatic N) is 6. The number of ketones is 1. The molecule has 0 aromatic carbocycles. The highest BCUT2D eigenvalue weighted by Gasteiger charge is 2.13. The number of hydrogen-bond donors (Lipinski definition) is 0. The van der Waals surface area contributed by atoms with Gasteiger partial charge >= 0.3 is 0 Å². The summed E-state index contributed by atoms with van der Waals surface area (Å²) in [6.07, 6.45) is 10.9. The van der Waals surface area contributed by atoms with E-state index in [0.29, 0.717) is 11.6 Å². The zero-order valence-corrected chi connectivity index (χ0v) is 17.1. The molecular formula is C22H24N6O. The van der Waals surface area contributed by atoms with Gasteiger partial charge in [-0.3, -0.25) is 19.4 Å². The van der Waals surface area contributed by atoms with Crippen LogP contribution in [-0.2, 0) is 6.42 Å². The van der Waals surface area contributed by atoms with Gasteiger partial charge in [0.05, 0.1) is 42.1 Å². The molecule has 29 heavy (non-hydrogen) atoms. The molecule has 0 amide bonds. The topological polar surface area (TPSA) is 78.5 Å². The second kappa shape index (κ2) is 7.58. The molecule has 0 atom stereocenters. The van der Waals surface area contributed by atoms with Gasteiger partial charge in [-0.25, -0.2) is 4.98 Å². The summed E-state index contributed by atoms with van der Waals surface area (Å²) >= 11 is 0. The smallest absolute Gasteiger partial charge is 0.171 e. The summed E-state index contributed by atoms with van der Waals surface area (Å²) in [5.41, 5.74) is 3.16. The van der Waals surface area contributed by atoms with Crippen molar-refractivity contribution in [3.8, 4) is 11.4 Å². The van der Waals surface area contributed by atoms with Crippen LogP contribution in [0.5, 0.6) is 0 Å². The molecular weight excluding hydrogens is 364 g/mol. The minimum absolute atomic E-state index is 0.0101. The fourth-order valence-electron chi connectivity index (χ4n) is 3.27. The molecule has 4 aromatic heterocycles. The molecule has 0 radical (unpaired) electrons. The highest BCUT2D eigenvalue weighted by molar-refractivity contribution is 5.97. The van der Waals surface area contributed by atoms with Crippen LogP contribution in [0.25, 0.3) is 22.2 Å². The van der Waals surface area contributed by atoms with Crippen molar-refractivity contribution in [3.05, 3.63) is 60.7 Å². The summed E-state index contributed by atoms with van der Waals surface area (Å²) in [7, 11) is 0. The minimum atomic E-state index is 0.0101.